The number of methoxy groups -OCH3 is 1. The first-order chi connectivity index (χ1) is 12.0. The Morgan fingerprint density at radius 1 is 0.720 bits per heavy atom. The summed E-state index contributed by atoms with van der Waals surface area (Å²) in [5.74, 6) is -1.83. The van der Waals surface area contributed by atoms with Gasteiger partial charge in [0.2, 0.25) is 11.8 Å². The number of amides is 2. The molecule has 0 aliphatic heterocycles. The summed E-state index contributed by atoms with van der Waals surface area (Å²) in [5.41, 5.74) is 0. The van der Waals surface area contributed by atoms with Crippen molar-refractivity contribution < 1.29 is 29.0 Å². The number of carbonyl (C=O) groups is 4. The minimum atomic E-state index is -1.03. The van der Waals surface area contributed by atoms with Gasteiger partial charge in [0.25, 0.3) is 0 Å². The predicted octanol–water partition coefficient (Wildman–Crippen LogP) is 1.38. The molecule has 0 saturated heterocycles. The van der Waals surface area contributed by atoms with Crippen molar-refractivity contribution >= 4 is 23.8 Å². The lowest BCUT2D eigenvalue weighted by atomic mass is 10.1. The topological polar surface area (TPSA) is 122 Å². The van der Waals surface area contributed by atoms with Crippen LogP contribution in [-0.2, 0) is 23.9 Å². The summed E-state index contributed by atoms with van der Waals surface area (Å²) in [7, 11) is 1.28. The van der Waals surface area contributed by atoms with Crippen LogP contribution in [0.25, 0.3) is 0 Å². The van der Waals surface area contributed by atoms with Gasteiger partial charge in [-0.25, -0.2) is 0 Å². The van der Waals surface area contributed by atoms with Gasteiger partial charge < -0.3 is 20.5 Å². The molecule has 0 bridgehead atoms. The van der Waals surface area contributed by atoms with E-state index in [0.29, 0.717) is 12.8 Å². The van der Waals surface area contributed by atoms with Gasteiger partial charge in [0, 0.05) is 12.8 Å². The first-order valence-corrected chi connectivity index (χ1v) is 8.77. The third-order valence-corrected chi connectivity index (χ3v) is 3.65. The van der Waals surface area contributed by atoms with Crippen LogP contribution in [-0.4, -0.2) is 49.1 Å². The number of carboxylic acid groups (broad SMARTS) is 1. The Kier molecular flexibility index (Phi) is 14.1. The fourth-order valence-corrected chi connectivity index (χ4v) is 2.23. The Hall–Kier alpha value is -2.12. The van der Waals surface area contributed by atoms with E-state index in [1.807, 2.05) is 0 Å². The van der Waals surface area contributed by atoms with E-state index in [0.717, 1.165) is 51.4 Å². The monoisotopic (exact) mass is 358 g/mol. The Labute approximate surface area is 148 Å². The van der Waals surface area contributed by atoms with E-state index in [1.165, 1.54) is 7.11 Å². The Morgan fingerprint density at radius 3 is 1.52 bits per heavy atom. The van der Waals surface area contributed by atoms with E-state index < -0.39 is 11.9 Å². The lowest BCUT2D eigenvalue weighted by molar-refractivity contribution is -0.141. The molecule has 0 fully saturated rings. The molecule has 8 heteroatoms. The van der Waals surface area contributed by atoms with Crippen molar-refractivity contribution in [3.05, 3.63) is 0 Å². The molecule has 0 saturated carbocycles. The standard InChI is InChI=1S/C17H30N2O6/c1-25-17(24)13-19-15(21)11-9-7-5-3-2-4-6-8-10-14(20)18-12-16(22)23/h2-13H2,1H3,(H,18,20)(H,19,21)(H,22,23). The molecular formula is C17H30N2O6. The van der Waals surface area contributed by atoms with Gasteiger partial charge >= 0.3 is 11.9 Å². The summed E-state index contributed by atoms with van der Waals surface area (Å²) in [4.78, 5) is 43.8. The molecule has 0 radical (unpaired) electrons. The number of nitrogens with one attached hydrogen (secondary N) is 2. The minimum Gasteiger partial charge on any atom is -0.480 e. The van der Waals surface area contributed by atoms with E-state index in [2.05, 4.69) is 15.4 Å². The van der Waals surface area contributed by atoms with Gasteiger partial charge in [-0.15, -0.1) is 0 Å². The minimum absolute atomic E-state index is 0.0797. The second kappa shape index (κ2) is 15.4. The van der Waals surface area contributed by atoms with Crippen LogP contribution >= 0.6 is 0 Å². The number of esters is 1. The lowest BCUT2D eigenvalue weighted by Crippen LogP contribution is -2.29. The number of carbonyl (C=O) groups excluding carboxylic acids is 3. The van der Waals surface area contributed by atoms with Crippen molar-refractivity contribution in [3.8, 4) is 0 Å². The average molecular weight is 358 g/mol. The van der Waals surface area contributed by atoms with Crippen molar-refractivity contribution in [2.75, 3.05) is 20.2 Å². The van der Waals surface area contributed by atoms with Gasteiger partial charge in [-0.2, -0.15) is 0 Å². The highest BCUT2D eigenvalue weighted by Gasteiger charge is 2.05. The second-order valence-corrected chi connectivity index (χ2v) is 5.85. The molecule has 0 aliphatic carbocycles. The van der Waals surface area contributed by atoms with Gasteiger partial charge in [0.15, 0.2) is 0 Å². The van der Waals surface area contributed by atoms with Crippen molar-refractivity contribution in [1.82, 2.24) is 10.6 Å². The molecular weight excluding hydrogens is 328 g/mol. The summed E-state index contributed by atoms with van der Waals surface area (Å²) in [6, 6.07) is 0. The first-order valence-electron chi connectivity index (χ1n) is 8.77. The molecule has 0 aliphatic rings. The summed E-state index contributed by atoms with van der Waals surface area (Å²) in [5, 5.41) is 13.3. The van der Waals surface area contributed by atoms with Crippen LogP contribution in [0.3, 0.4) is 0 Å². The van der Waals surface area contributed by atoms with Crippen LogP contribution in [0.1, 0.15) is 64.2 Å². The Morgan fingerprint density at radius 2 is 1.12 bits per heavy atom. The third-order valence-electron chi connectivity index (χ3n) is 3.65. The highest BCUT2D eigenvalue weighted by Crippen LogP contribution is 2.10. The Balaban J connectivity index is 3.31. The molecule has 0 aromatic heterocycles. The summed E-state index contributed by atoms with van der Waals surface area (Å²) in [6.45, 7) is -0.400. The first kappa shape index (κ1) is 22.9. The number of rotatable bonds is 15. The number of hydrogen-bond donors (Lipinski definition) is 3. The maximum absolute atomic E-state index is 11.4. The van der Waals surface area contributed by atoms with E-state index in [-0.39, 0.29) is 24.9 Å². The maximum Gasteiger partial charge on any atom is 0.325 e. The van der Waals surface area contributed by atoms with Crippen LogP contribution in [0.15, 0.2) is 0 Å². The summed E-state index contributed by atoms with van der Waals surface area (Å²) in [6.07, 6.45) is 8.58. The molecule has 0 spiro atoms. The molecule has 0 unspecified atom stereocenters. The van der Waals surface area contributed by atoms with Gasteiger partial charge in [-0.05, 0) is 12.8 Å². The number of hydrogen-bond acceptors (Lipinski definition) is 5. The second-order valence-electron chi connectivity index (χ2n) is 5.85. The molecule has 144 valence electrons. The van der Waals surface area contributed by atoms with Crippen LogP contribution in [0, 0.1) is 0 Å². The summed E-state index contributed by atoms with van der Waals surface area (Å²) >= 11 is 0. The summed E-state index contributed by atoms with van der Waals surface area (Å²) < 4.78 is 4.43. The molecule has 0 aromatic carbocycles. The molecule has 25 heavy (non-hydrogen) atoms. The number of ether oxygens (including phenoxy) is 1. The smallest absolute Gasteiger partial charge is 0.325 e. The van der Waals surface area contributed by atoms with Crippen molar-refractivity contribution in [3.63, 3.8) is 0 Å². The van der Waals surface area contributed by atoms with Gasteiger partial charge in [-0.1, -0.05) is 38.5 Å². The molecule has 8 nitrogen and oxygen atoms in total. The van der Waals surface area contributed by atoms with Crippen LogP contribution in [0.2, 0.25) is 0 Å². The van der Waals surface area contributed by atoms with Crippen LogP contribution in [0.4, 0.5) is 0 Å². The van der Waals surface area contributed by atoms with E-state index >= 15 is 0 Å². The zero-order valence-corrected chi connectivity index (χ0v) is 15.0. The zero-order chi connectivity index (χ0) is 18.9. The molecule has 0 aromatic rings. The normalized spacial score (nSPS) is 10.1. The number of unbranched alkanes of at least 4 members (excludes halogenated alkanes) is 7. The largest absolute Gasteiger partial charge is 0.480 e. The van der Waals surface area contributed by atoms with Crippen molar-refractivity contribution in [1.29, 1.82) is 0 Å². The fraction of sp³-hybridized carbons (Fsp3) is 0.765. The highest BCUT2D eigenvalue weighted by molar-refractivity contribution is 5.82. The molecule has 0 heterocycles. The van der Waals surface area contributed by atoms with E-state index in [4.69, 9.17) is 5.11 Å². The highest BCUT2D eigenvalue weighted by atomic mass is 16.5. The fourth-order valence-electron chi connectivity index (χ4n) is 2.23. The number of aliphatic carboxylic acids is 1. The van der Waals surface area contributed by atoms with E-state index in [1.54, 1.807) is 0 Å². The molecule has 0 atom stereocenters. The predicted molar refractivity (Wildman–Crippen MR) is 91.8 cm³/mol. The average Bonchev–Trinajstić information content (AvgIpc) is 2.59. The van der Waals surface area contributed by atoms with E-state index in [9.17, 15) is 19.2 Å². The van der Waals surface area contributed by atoms with Gasteiger partial charge in [-0.3, -0.25) is 19.2 Å². The van der Waals surface area contributed by atoms with Gasteiger partial charge in [0.05, 0.1) is 7.11 Å². The maximum atomic E-state index is 11.4. The third kappa shape index (κ3) is 16.5. The van der Waals surface area contributed by atoms with Crippen LogP contribution < -0.4 is 10.6 Å². The van der Waals surface area contributed by atoms with Crippen molar-refractivity contribution in [2.24, 2.45) is 0 Å². The zero-order valence-electron chi connectivity index (χ0n) is 15.0. The quantitative estimate of drug-likeness (QED) is 0.300. The molecule has 3 N–H and O–H groups in total. The van der Waals surface area contributed by atoms with Crippen LogP contribution in [0.5, 0.6) is 0 Å². The SMILES string of the molecule is COC(=O)CNC(=O)CCCCCCCCCCC(=O)NCC(=O)O. The Bertz CT molecular complexity index is 425. The molecule has 0 rings (SSSR count). The van der Waals surface area contributed by atoms with Gasteiger partial charge in [0.1, 0.15) is 13.1 Å². The number of carboxylic acids is 1. The van der Waals surface area contributed by atoms with Crippen molar-refractivity contribution in [2.45, 2.75) is 64.2 Å². The lowest BCUT2D eigenvalue weighted by Gasteiger charge is -2.04. The molecule has 2 amide bonds.